The third-order valence-electron chi connectivity index (χ3n) is 2.76. The van der Waals surface area contributed by atoms with E-state index in [1.165, 1.54) is 25.7 Å². The molecular weight excluding hydrogens is 182 g/mol. The summed E-state index contributed by atoms with van der Waals surface area (Å²) in [5.74, 6) is 0. The van der Waals surface area contributed by atoms with Crippen LogP contribution in [0.4, 0.5) is 5.13 Å². The Morgan fingerprint density at radius 2 is 2.31 bits per heavy atom. The van der Waals surface area contributed by atoms with Crippen LogP contribution in [0.15, 0.2) is 11.6 Å². The lowest BCUT2D eigenvalue weighted by atomic mass is 9.98. The van der Waals surface area contributed by atoms with Gasteiger partial charge in [-0.25, -0.2) is 4.98 Å². The Morgan fingerprint density at radius 1 is 1.54 bits per heavy atom. The second kappa shape index (κ2) is 3.64. The van der Waals surface area contributed by atoms with E-state index in [-0.39, 0.29) is 5.54 Å². The first-order valence-corrected chi connectivity index (χ1v) is 5.60. The van der Waals surface area contributed by atoms with E-state index in [0.717, 1.165) is 5.13 Å². The molecule has 13 heavy (non-hydrogen) atoms. The van der Waals surface area contributed by atoms with Crippen molar-refractivity contribution in [2.45, 2.75) is 31.2 Å². The largest absolute Gasteiger partial charge is 0.355 e. The van der Waals surface area contributed by atoms with Crippen molar-refractivity contribution in [1.82, 2.24) is 4.98 Å². The maximum Gasteiger partial charge on any atom is 0.183 e. The summed E-state index contributed by atoms with van der Waals surface area (Å²) in [6, 6.07) is 0. The molecule has 3 nitrogen and oxygen atoms in total. The first kappa shape index (κ1) is 8.97. The van der Waals surface area contributed by atoms with E-state index in [0.29, 0.717) is 6.54 Å². The minimum atomic E-state index is 0.137. The Bertz CT molecular complexity index is 252. The summed E-state index contributed by atoms with van der Waals surface area (Å²) in [4.78, 5) is 4.22. The van der Waals surface area contributed by atoms with Crippen LogP contribution in [-0.4, -0.2) is 17.1 Å². The SMILES string of the molecule is NCC1(Nc2nccs2)CCCC1. The van der Waals surface area contributed by atoms with Crippen molar-refractivity contribution in [2.24, 2.45) is 5.73 Å². The topological polar surface area (TPSA) is 50.9 Å². The lowest BCUT2D eigenvalue weighted by Crippen LogP contribution is -2.42. The Balaban J connectivity index is 2.06. The van der Waals surface area contributed by atoms with Gasteiger partial charge in [0.25, 0.3) is 0 Å². The van der Waals surface area contributed by atoms with Crippen LogP contribution in [0.25, 0.3) is 0 Å². The molecule has 0 atom stereocenters. The van der Waals surface area contributed by atoms with E-state index < -0.39 is 0 Å². The van der Waals surface area contributed by atoms with Gasteiger partial charge in [0.15, 0.2) is 5.13 Å². The molecule has 1 heterocycles. The van der Waals surface area contributed by atoms with E-state index >= 15 is 0 Å². The van der Waals surface area contributed by atoms with Crippen LogP contribution in [0.3, 0.4) is 0 Å². The van der Waals surface area contributed by atoms with Crippen molar-refractivity contribution in [3.63, 3.8) is 0 Å². The zero-order valence-corrected chi connectivity index (χ0v) is 8.44. The first-order valence-electron chi connectivity index (χ1n) is 4.72. The lowest BCUT2D eigenvalue weighted by Gasteiger charge is -2.28. The van der Waals surface area contributed by atoms with E-state index in [4.69, 9.17) is 5.73 Å². The highest BCUT2D eigenvalue weighted by Crippen LogP contribution is 2.32. The van der Waals surface area contributed by atoms with Crippen LogP contribution in [0, 0.1) is 0 Å². The summed E-state index contributed by atoms with van der Waals surface area (Å²) < 4.78 is 0. The maximum atomic E-state index is 5.80. The summed E-state index contributed by atoms with van der Waals surface area (Å²) in [7, 11) is 0. The number of hydrogen-bond acceptors (Lipinski definition) is 4. The van der Waals surface area contributed by atoms with Gasteiger partial charge in [0.05, 0.1) is 5.54 Å². The number of hydrogen-bond donors (Lipinski definition) is 2. The second-order valence-electron chi connectivity index (χ2n) is 3.65. The summed E-state index contributed by atoms with van der Waals surface area (Å²) in [5.41, 5.74) is 5.94. The van der Waals surface area contributed by atoms with Gasteiger partial charge < -0.3 is 11.1 Å². The standard InChI is InChI=1S/C9H15N3S/c10-7-9(3-1-2-4-9)12-8-11-5-6-13-8/h5-6H,1-4,7,10H2,(H,11,12). The molecule has 1 aliphatic rings. The van der Waals surface area contributed by atoms with E-state index in [1.54, 1.807) is 11.3 Å². The van der Waals surface area contributed by atoms with Crippen molar-refractivity contribution in [3.05, 3.63) is 11.6 Å². The minimum Gasteiger partial charge on any atom is -0.355 e. The molecule has 1 aromatic heterocycles. The predicted octanol–water partition coefficient (Wildman–Crippen LogP) is 1.83. The maximum absolute atomic E-state index is 5.80. The molecule has 1 fully saturated rings. The smallest absolute Gasteiger partial charge is 0.183 e. The molecule has 3 N–H and O–H groups in total. The summed E-state index contributed by atoms with van der Waals surface area (Å²) in [5, 5.41) is 6.46. The van der Waals surface area contributed by atoms with Gasteiger partial charge in [-0.1, -0.05) is 12.8 Å². The number of nitrogens with zero attached hydrogens (tertiary/aromatic N) is 1. The Labute approximate surface area is 82.4 Å². The molecule has 0 radical (unpaired) electrons. The molecule has 1 aliphatic carbocycles. The predicted molar refractivity (Wildman–Crippen MR) is 56.0 cm³/mol. The van der Waals surface area contributed by atoms with Crippen molar-refractivity contribution in [2.75, 3.05) is 11.9 Å². The molecule has 1 aromatic rings. The Kier molecular flexibility index (Phi) is 2.51. The summed E-state index contributed by atoms with van der Waals surface area (Å²) in [6.45, 7) is 0.715. The summed E-state index contributed by atoms with van der Waals surface area (Å²) >= 11 is 1.65. The highest BCUT2D eigenvalue weighted by molar-refractivity contribution is 7.13. The third-order valence-corrected chi connectivity index (χ3v) is 3.44. The van der Waals surface area contributed by atoms with Gasteiger partial charge in [-0.15, -0.1) is 11.3 Å². The van der Waals surface area contributed by atoms with Gasteiger partial charge in [-0.05, 0) is 12.8 Å². The molecular formula is C9H15N3S. The molecule has 4 heteroatoms. The molecule has 0 aliphatic heterocycles. The van der Waals surface area contributed by atoms with Crippen molar-refractivity contribution < 1.29 is 0 Å². The van der Waals surface area contributed by atoms with Crippen molar-refractivity contribution >= 4 is 16.5 Å². The number of thiazole rings is 1. The quantitative estimate of drug-likeness (QED) is 0.777. The van der Waals surface area contributed by atoms with E-state index in [9.17, 15) is 0 Å². The van der Waals surface area contributed by atoms with E-state index in [2.05, 4.69) is 10.3 Å². The summed E-state index contributed by atoms with van der Waals surface area (Å²) in [6.07, 6.45) is 6.77. The fourth-order valence-corrected chi connectivity index (χ4v) is 2.59. The zero-order chi connectivity index (χ0) is 9.15. The monoisotopic (exact) mass is 197 g/mol. The zero-order valence-electron chi connectivity index (χ0n) is 7.62. The Hall–Kier alpha value is -0.610. The number of aromatic nitrogens is 1. The lowest BCUT2D eigenvalue weighted by molar-refractivity contribution is 0.493. The average Bonchev–Trinajstić information content (AvgIpc) is 2.77. The van der Waals surface area contributed by atoms with Gasteiger partial charge in [0.1, 0.15) is 0 Å². The van der Waals surface area contributed by atoms with Gasteiger partial charge in [-0.2, -0.15) is 0 Å². The second-order valence-corrected chi connectivity index (χ2v) is 4.55. The normalized spacial score (nSPS) is 20.4. The Morgan fingerprint density at radius 3 is 2.85 bits per heavy atom. The van der Waals surface area contributed by atoms with Crippen LogP contribution in [0.2, 0.25) is 0 Å². The minimum absolute atomic E-state index is 0.137. The fourth-order valence-electron chi connectivity index (χ4n) is 1.94. The number of nitrogens with one attached hydrogen (secondary N) is 1. The molecule has 1 saturated carbocycles. The molecule has 0 spiro atoms. The molecule has 0 aromatic carbocycles. The molecule has 0 amide bonds. The van der Waals surface area contributed by atoms with Gasteiger partial charge in [-0.3, -0.25) is 0 Å². The van der Waals surface area contributed by atoms with Gasteiger partial charge in [0.2, 0.25) is 0 Å². The van der Waals surface area contributed by atoms with Crippen LogP contribution in [0.5, 0.6) is 0 Å². The first-order chi connectivity index (χ1) is 6.35. The highest BCUT2D eigenvalue weighted by Gasteiger charge is 2.32. The van der Waals surface area contributed by atoms with Crippen molar-refractivity contribution in [3.8, 4) is 0 Å². The molecule has 0 bridgehead atoms. The molecule has 0 saturated heterocycles. The van der Waals surface area contributed by atoms with Crippen LogP contribution < -0.4 is 11.1 Å². The van der Waals surface area contributed by atoms with Crippen LogP contribution in [0.1, 0.15) is 25.7 Å². The van der Waals surface area contributed by atoms with Crippen LogP contribution >= 0.6 is 11.3 Å². The number of anilines is 1. The molecule has 72 valence electrons. The van der Waals surface area contributed by atoms with Gasteiger partial charge in [0, 0.05) is 18.1 Å². The van der Waals surface area contributed by atoms with E-state index in [1.807, 2.05) is 11.6 Å². The van der Waals surface area contributed by atoms with Crippen LogP contribution in [-0.2, 0) is 0 Å². The highest BCUT2D eigenvalue weighted by atomic mass is 32.1. The fraction of sp³-hybridized carbons (Fsp3) is 0.667. The molecule has 2 rings (SSSR count). The van der Waals surface area contributed by atoms with Crippen molar-refractivity contribution in [1.29, 1.82) is 0 Å². The molecule has 0 unspecified atom stereocenters. The third kappa shape index (κ3) is 1.84. The van der Waals surface area contributed by atoms with Gasteiger partial charge >= 0.3 is 0 Å². The number of rotatable bonds is 3. The average molecular weight is 197 g/mol. The number of nitrogens with two attached hydrogens (primary N) is 1.